The number of ether oxygens (including phenoxy) is 7. The van der Waals surface area contributed by atoms with Crippen LogP contribution in [-0.2, 0) is 11.2 Å². The zero-order valence-corrected chi connectivity index (χ0v) is 21.9. The van der Waals surface area contributed by atoms with Crippen LogP contribution in [0.5, 0.6) is 40.2 Å². The quantitative estimate of drug-likeness (QED) is 0.458. The van der Waals surface area contributed by atoms with E-state index in [0.717, 1.165) is 16.7 Å². The molecule has 2 aliphatic rings. The minimum Gasteiger partial charge on any atom is -0.493 e. The van der Waals surface area contributed by atoms with E-state index in [2.05, 4.69) is 10.6 Å². The van der Waals surface area contributed by atoms with Crippen LogP contribution in [0.4, 0.5) is 5.69 Å². The van der Waals surface area contributed by atoms with E-state index in [1.165, 1.54) is 0 Å². The summed E-state index contributed by atoms with van der Waals surface area (Å²) in [5.41, 5.74) is 3.21. The molecule has 0 radical (unpaired) electrons. The number of carbonyl (C=O) groups is 1. The number of anilines is 1. The second-order valence-electron chi connectivity index (χ2n) is 8.75. The Kier molecular flexibility index (Phi) is 7.06. The van der Waals surface area contributed by atoms with Crippen LogP contribution in [0, 0.1) is 0 Å². The lowest BCUT2D eigenvalue weighted by Gasteiger charge is -2.35. The molecule has 3 aromatic rings. The number of carbonyl (C=O) groups excluding carboxylic acids is 1. The maximum atomic E-state index is 13.5. The van der Waals surface area contributed by atoms with Crippen LogP contribution in [0.15, 0.2) is 42.5 Å². The van der Waals surface area contributed by atoms with E-state index in [-0.39, 0.29) is 12.7 Å². The van der Waals surface area contributed by atoms with Gasteiger partial charge in [-0.3, -0.25) is 10.1 Å². The normalized spacial score (nSPS) is 17.3. The molecule has 0 spiro atoms. The molecule has 0 fully saturated rings. The van der Waals surface area contributed by atoms with E-state index in [1.807, 2.05) is 24.3 Å². The van der Waals surface area contributed by atoms with E-state index in [9.17, 15) is 4.79 Å². The summed E-state index contributed by atoms with van der Waals surface area (Å²) in [6, 6.07) is 11.8. The second kappa shape index (κ2) is 10.6. The second-order valence-corrected chi connectivity index (χ2v) is 8.75. The summed E-state index contributed by atoms with van der Waals surface area (Å²) < 4.78 is 38.9. The fourth-order valence-electron chi connectivity index (χ4n) is 4.95. The molecule has 5 rings (SSSR count). The molecule has 0 aliphatic carbocycles. The van der Waals surface area contributed by atoms with Crippen molar-refractivity contribution in [3.8, 4) is 40.2 Å². The average Bonchev–Trinajstić information content (AvgIpc) is 3.42. The summed E-state index contributed by atoms with van der Waals surface area (Å²) in [5.74, 6) is 3.74. The van der Waals surface area contributed by atoms with Gasteiger partial charge in [-0.2, -0.15) is 0 Å². The predicted molar refractivity (Wildman–Crippen MR) is 139 cm³/mol. The van der Waals surface area contributed by atoms with Crippen molar-refractivity contribution < 1.29 is 38.0 Å². The Balaban J connectivity index is 1.56. The van der Waals surface area contributed by atoms with Gasteiger partial charge in [0, 0.05) is 17.3 Å². The SMILES string of the molecule is COc1ccc([C@H]2N[C@H](C(=O)Nc3ccc4c(c3)OCO4)Cc3cc(OC)c(OC)c(OC)c32)cc1OC. The fourth-order valence-corrected chi connectivity index (χ4v) is 4.95. The van der Waals surface area contributed by atoms with Crippen LogP contribution < -0.4 is 43.8 Å². The monoisotopic (exact) mass is 522 g/mol. The molecule has 1 amide bonds. The third kappa shape index (κ3) is 4.47. The Labute approximate surface area is 220 Å². The van der Waals surface area contributed by atoms with Crippen molar-refractivity contribution in [3.63, 3.8) is 0 Å². The van der Waals surface area contributed by atoms with Crippen molar-refractivity contribution in [2.24, 2.45) is 0 Å². The van der Waals surface area contributed by atoms with Crippen molar-refractivity contribution in [3.05, 3.63) is 59.2 Å². The van der Waals surface area contributed by atoms with E-state index >= 15 is 0 Å². The first kappa shape index (κ1) is 25.3. The Hall–Kier alpha value is -4.31. The summed E-state index contributed by atoms with van der Waals surface area (Å²) >= 11 is 0. The van der Waals surface area contributed by atoms with Gasteiger partial charge in [-0.1, -0.05) is 6.07 Å². The average molecular weight is 523 g/mol. The minimum absolute atomic E-state index is 0.161. The number of rotatable bonds is 8. The van der Waals surface area contributed by atoms with Gasteiger partial charge >= 0.3 is 0 Å². The van der Waals surface area contributed by atoms with E-state index in [4.69, 9.17) is 33.2 Å². The van der Waals surface area contributed by atoms with E-state index < -0.39 is 12.1 Å². The van der Waals surface area contributed by atoms with Crippen LogP contribution in [0.1, 0.15) is 22.7 Å². The molecule has 0 bridgehead atoms. The van der Waals surface area contributed by atoms with Crippen molar-refractivity contribution in [1.82, 2.24) is 5.32 Å². The van der Waals surface area contributed by atoms with Gasteiger partial charge in [-0.25, -0.2) is 0 Å². The topological polar surface area (TPSA) is 106 Å². The number of methoxy groups -OCH3 is 5. The highest BCUT2D eigenvalue weighted by atomic mass is 16.7. The number of benzene rings is 3. The van der Waals surface area contributed by atoms with Gasteiger partial charge in [0.15, 0.2) is 34.5 Å². The molecule has 10 nitrogen and oxygen atoms in total. The molecule has 2 heterocycles. The van der Waals surface area contributed by atoms with Crippen molar-refractivity contribution >= 4 is 11.6 Å². The zero-order chi connectivity index (χ0) is 26.8. The summed E-state index contributed by atoms with van der Waals surface area (Å²) in [4.78, 5) is 13.5. The Morgan fingerprint density at radius 1 is 0.816 bits per heavy atom. The molecule has 2 aliphatic heterocycles. The van der Waals surface area contributed by atoms with Gasteiger partial charge in [0.25, 0.3) is 0 Å². The predicted octanol–water partition coefficient (Wildman–Crippen LogP) is 3.70. The van der Waals surface area contributed by atoms with Crippen LogP contribution in [0.3, 0.4) is 0 Å². The van der Waals surface area contributed by atoms with Gasteiger partial charge in [-0.05, 0) is 47.9 Å². The molecule has 0 saturated carbocycles. The number of nitrogens with one attached hydrogen (secondary N) is 2. The number of hydrogen-bond acceptors (Lipinski definition) is 9. The maximum Gasteiger partial charge on any atom is 0.241 e. The first-order valence-corrected chi connectivity index (χ1v) is 12.0. The summed E-state index contributed by atoms with van der Waals surface area (Å²) in [6.45, 7) is 0.161. The van der Waals surface area contributed by atoms with Gasteiger partial charge in [0.1, 0.15) is 0 Å². The highest BCUT2D eigenvalue weighted by Crippen LogP contribution is 2.48. The highest BCUT2D eigenvalue weighted by molar-refractivity contribution is 5.95. The van der Waals surface area contributed by atoms with Gasteiger partial charge in [-0.15, -0.1) is 0 Å². The molecule has 3 aromatic carbocycles. The molecule has 0 unspecified atom stereocenters. The Morgan fingerprint density at radius 3 is 2.26 bits per heavy atom. The lowest BCUT2D eigenvalue weighted by Crippen LogP contribution is -2.47. The third-order valence-corrected chi connectivity index (χ3v) is 6.73. The van der Waals surface area contributed by atoms with Gasteiger partial charge in [0.2, 0.25) is 18.4 Å². The minimum atomic E-state index is -0.575. The first-order chi connectivity index (χ1) is 18.5. The summed E-state index contributed by atoms with van der Waals surface area (Å²) in [7, 11) is 7.89. The summed E-state index contributed by atoms with van der Waals surface area (Å²) in [6.07, 6.45) is 0.395. The van der Waals surface area contributed by atoms with Crippen LogP contribution >= 0.6 is 0 Å². The molecule has 10 heteroatoms. The molecule has 38 heavy (non-hydrogen) atoms. The zero-order valence-electron chi connectivity index (χ0n) is 21.9. The van der Waals surface area contributed by atoms with Gasteiger partial charge < -0.3 is 38.5 Å². The number of fused-ring (bicyclic) bond motifs is 2. The standard InChI is InChI=1S/C28H30N2O8/c1-32-19-8-6-15(11-21(19)33-2)25-24-16(12-23(34-3)26(35-4)27(24)36-5)10-18(30-25)28(31)29-17-7-9-20-22(13-17)38-14-37-20/h6-9,11-13,18,25,30H,10,14H2,1-5H3,(H,29,31)/t18-,25+/m0/s1. The van der Waals surface area contributed by atoms with Crippen LogP contribution in [0.2, 0.25) is 0 Å². The third-order valence-electron chi connectivity index (χ3n) is 6.73. The molecule has 0 aromatic heterocycles. The molecular formula is C28H30N2O8. The molecule has 2 atom stereocenters. The summed E-state index contributed by atoms with van der Waals surface area (Å²) in [5, 5.41) is 6.51. The first-order valence-electron chi connectivity index (χ1n) is 12.0. The lowest BCUT2D eigenvalue weighted by molar-refractivity contribution is -0.118. The number of amides is 1. The van der Waals surface area contributed by atoms with E-state index in [1.54, 1.807) is 53.7 Å². The molecule has 200 valence electrons. The van der Waals surface area contributed by atoms with Gasteiger partial charge in [0.05, 0.1) is 47.6 Å². The Bertz CT molecular complexity index is 1360. The van der Waals surface area contributed by atoms with Crippen LogP contribution in [0.25, 0.3) is 0 Å². The maximum absolute atomic E-state index is 13.5. The van der Waals surface area contributed by atoms with Crippen molar-refractivity contribution in [1.29, 1.82) is 0 Å². The molecule has 2 N–H and O–H groups in total. The van der Waals surface area contributed by atoms with Crippen molar-refractivity contribution in [2.75, 3.05) is 47.7 Å². The fraction of sp³-hybridized carbons (Fsp3) is 0.321. The van der Waals surface area contributed by atoms with Crippen molar-refractivity contribution in [2.45, 2.75) is 18.5 Å². The van der Waals surface area contributed by atoms with Crippen LogP contribution in [-0.4, -0.2) is 54.3 Å². The lowest BCUT2D eigenvalue weighted by atomic mass is 9.85. The largest absolute Gasteiger partial charge is 0.493 e. The Morgan fingerprint density at radius 2 is 1.55 bits per heavy atom. The molecule has 0 saturated heterocycles. The van der Waals surface area contributed by atoms with E-state index in [0.29, 0.717) is 52.4 Å². The molecular weight excluding hydrogens is 492 g/mol. The highest BCUT2D eigenvalue weighted by Gasteiger charge is 2.37. The number of hydrogen-bond donors (Lipinski definition) is 2. The smallest absolute Gasteiger partial charge is 0.241 e.